The van der Waals surface area contributed by atoms with Crippen molar-refractivity contribution in [3.8, 4) is 11.1 Å². The third-order valence-corrected chi connectivity index (χ3v) is 9.51. The van der Waals surface area contributed by atoms with Crippen molar-refractivity contribution < 1.29 is 13.1 Å². The quantitative estimate of drug-likeness (QED) is 0.350. The Balaban J connectivity index is 1.43. The number of fused-ring (bicyclic) bond motifs is 9. The van der Waals surface area contributed by atoms with Gasteiger partial charge in [0, 0.05) is 51.6 Å². The minimum absolute atomic E-state index is 0.294. The van der Waals surface area contributed by atoms with Crippen LogP contribution in [0.1, 0.15) is 84.8 Å². The maximum atomic E-state index is 13.5. The summed E-state index contributed by atoms with van der Waals surface area (Å²) in [6, 6.07) is 9.72. The zero-order valence-electron chi connectivity index (χ0n) is 25.3. The minimum atomic E-state index is -2.66. The summed E-state index contributed by atoms with van der Waals surface area (Å²) in [6.45, 7) is 6.84. The van der Waals surface area contributed by atoms with E-state index in [1.807, 2.05) is 57.4 Å². The first-order valence-electron chi connectivity index (χ1n) is 14.2. The van der Waals surface area contributed by atoms with Gasteiger partial charge in [0.2, 0.25) is 0 Å². The number of hydrogen-bond acceptors (Lipinski definition) is 5. The van der Waals surface area contributed by atoms with Crippen molar-refractivity contribution in [3.05, 3.63) is 76.6 Å². The van der Waals surface area contributed by atoms with E-state index in [0.29, 0.717) is 39.7 Å². The Morgan fingerprint density at radius 3 is 2.51 bits per heavy atom. The molecule has 0 saturated carbocycles. The molecular formula is C29H31ClN6O2S. The fourth-order valence-electron chi connectivity index (χ4n) is 5.31. The maximum absolute atomic E-state index is 13.5. The molecule has 0 spiro atoms. The fourth-order valence-corrected chi connectivity index (χ4v) is 6.47. The Hall–Kier alpha value is -3.14. The van der Waals surface area contributed by atoms with Gasteiger partial charge in [0.15, 0.2) is 0 Å². The zero-order chi connectivity index (χ0) is 30.4. The maximum Gasteiger partial charge on any atom is 0.254 e. The predicted molar refractivity (Wildman–Crippen MR) is 154 cm³/mol. The summed E-state index contributed by atoms with van der Waals surface area (Å²) < 4.78 is 42.0. The van der Waals surface area contributed by atoms with Gasteiger partial charge in [-0.2, -0.15) is 0 Å². The molecule has 1 amide bonds. The van der Waals surface area contributed by atoms with E-state index in [4.69, 9.17) is 20.7 Å². The normalized spacial score (nSPS) is 21.1. The summed E-state index contributed by atoms with van der Waals surface area (Å²) in [5.74, 6) is 0.467. The van der Waals surface area contributed by atoms with Crippen molar-refractivity contribution in [2.75, 3.05) is 6.98 Å². The number of aromatic nitrogens is 4. The summed E-state index contributed by atoms with van der Waals surface area (Å²) in [4.78, 5) is 28.5. The standard InChI is InChI=1S/C29H31ClN6O2S/c1-28(2,3)39(38)34-29(4,5)27-31-14-17(15-32-27)16-10-11-20-21(12-16)36-22-13-23(25(36)33-20)35(6)26(37)18-8-7-9-19(30)24(18)22/h7-12,14-15,22-23,34H,13H2,1-6H3/t22-,23-,39?/m1/s1/i6D3. The van der Waals surface area contributed by atoms with Crippen LogP contribution in [-0.4, -0.2) is 46.3 Å². The third kappa shape index (κ3) is 4.18. The van der Waals surface area contributed by atoms with Gasteiger partial charge in [-0.25, -0.2) is 23.9 Å². The zero-order valence-corrected chi connectivity index (χ0v) is 23.9. The van der Waals surface area contributed by atoms with Crippen molar-refractivity contribution in [2.24, 2.45) is 0 Å². The molecule has 202 valence electrons. The summed E-state index contributed by atoms with van der Waals surface area (Å²) in [6.07, 6.45) is 3.83. The van der Waals surface area contributed by atoms with Crippen molar-refractivity contribution in [1.29, 1.82) is 0 Å². The SMILES string of the molecule is [2H]C([2H])([2H])N1C(=O)c2cccc(Cl)c2[C@H]2C[C@@H]1c1nc3ccc(-c4cnc(C(C)(C)NS(=O)C(C)(C)C)nc4)cc3n12. The van der Waals surface area contributed by atoms with Crippen molar-refractivity contribution in [3.63, 3.8) is 0 Å². The van der Waals surface area contributed by atoms with Gasteiger partial charge in [-0.3, -0.25) is 4.79 Å². The first-order chi connectivity index (χ1) is 19.6. The molecule has 2 aromatic carbocycles. The van der Waals surface area contributed by atoms with E-state index in [1.54, 1.807) is 30.6 Å². The molecule has 0 saturated heterocycles. The number of rotatable bonds is 4. The predicted octanol–water partition coefficient (Wildman–Crippen LogP) is 5.55. The lowest BCUT2D eigenvalue weighted by Crippen LogP contribution is -2.45. The summed E-state index contributed by atoms with van der Waals surface area (Å²) in [7, 11) is -1.30. The van der Waals surface area contributed by atoms with Crippen LogP contribution in [0.25, 0.3) is 22.2 Å². The number of nitrogens with zero attached hydrogens (tertiary/aromatic N) is 5. The van der Waals surface area contributed by atoms with Gasteiger partial charge in [0.25, 0.3) is 5.91 Å². The first-order valence-corrected chi connectivity index (χ1v) is 14.3. The van der Waals surface area contributed by atoms with Crippen LogP contribution < -0.4 is 4.72 Å². The number of imidazole rings is 1. The van der Waals surface area contributed by atoms with Crippen LogP contribution in [0.4, 0.5) is 0 Å². The van der Waals surface area contributed by atoms with E-state index in [0.717, 1.165) is 21.5 Å². The Morgan fingerprint density at radius 2 is 1.82 bits per heavy atom. The Kier molecular flexibility index (Phi) is 5.19. The molecule has 4 aromatic rings. The number of halogens is 1. The Labute approximate surface area is 239 Å². The molecule has 1 N–H and O–H groups in total. The van der Waals surface area contributed by atoms with Crippen LogP contribution in [-0.2, 0) is 16.5 Å². The van der Waals surface area contributed by atoms with Crippen molar-refractivity contribution in [2.45, 2.75) is 63.4 Å². The van der Waals surface area contributed by atoms with Crippen LogP contribution >= 0.6 is 11.6 Å². The van der Waals surface area contributed by atoms with E-state index in [-0.39, 0.29) is 6.04 Å². The highest BCUT2D eigenvalue weighted by atomic mass is 35.5. The largest absolute Gasteiger partial charge is 0.331 e. The van der Waals surface area contributed by atoms with Crippen molar-refractivity contribution in [1.82, 2.24) is 29.1 Å². The molecule has 39 heavy (non-hydrogen) atoms. The average molecular weight is 566 g/mol. The Bertz CT molecular complexity index is 1760. The molecule has 0 fully saturated rings. The van der Waals surface area contributed by atoms with E-state index in [2.05, 4.69) is 14.7 Å². The second-order valence-corrected chi connectivity index (χ2v) is 14.0. The molecule has 10 heteroatoms. The van der Waals surface area contributed by atoms with Crippen LogP contribution in [0.2, 0.25) is 5.02 Å². The first kappa shape index (κ1) is 22.7. The Morgan fingerprint density at radius 1 is 1.08 bits per heavy atom. The molecule has 1 unspecified atom stereocenters. The molecule has 0 aliphatic carbocycles. The van der Waals surface area contributed by atoms with Crippen LogP contribution in [0, 0.1) is 0 Å². The monoisotopic (exact) mass is 565 g/mol. The fraction of sp³-hybridized carbons (Fsp3) is 0.379. The number of amides is 1. The minimum Gasteiger partial charge on any atom is -0.331 e. The van der Waals surface area contributed by atoms with Gasteiger partial charge in [0.1, 0.15) is 11.6 Å². The van der Waals surface area contributed by atoms with E-state index in [9.17, 15) is 9.00 Å². The lowest BCUT2D eigenvalue weighted by atomic mass is 9.98. The lowest BCUT2D eigenvalue weighted by Gasteiger charge is -2.28. The van der Waals surface area contributed by atoms with Gasteiger partial charge in [0.05, 0.1) is 44.4 Å². The highest BCUT2D eigenvalue weighted by Gasteiger charge is 2.44. The molecule has 0 radical (unpaired) electrons. The molecule has 2 aliphatic heterocycles. The van der Waals surface area contributed by atoms with Crippen LogP contribution in [0.5, 0.6) is 0 Å². The van der Waals surface area contributed by atoms with E-state index in [1.165, 1.54) is 0 Å². The number of hydrogen-bond donors (Lipinski definition) is 1. The number of carbonyl (C=O) groups excluding carboxylic acids is 1. The molecule has 2 bridgehead atoms. The average Bonchev–Trinajstić information content (AvgIpc) is 3.40. The lowest BCUT2D eigenvalue weighted by molar-refractivity contribution is 0.0734. The molecule has 3 atom stereocenters. The van der Waals surface area contributed by atoms with Gasteiger partial charge in [-0.1, -0.05) is 23.7 Å². The number of nitrogens with one attached hydrogen (secondary N) is 1. The topological polar surface area (TPSA) is 93.0 Å². The second kappa shape index (κ2) is 8.94. The van der Waals surface area contributed by atoms with Crippen LogP contribution in [0.3, 0.4) is 0 Å². The summed E-state index contributed by atoms with van der Waals surface area (Å²) >= 11 is 6.67. The van der Waals surface area contributed by atoms with Crippen molar-refractivity contribution >= 4 is 39.5 Å². The molecular weight excluding hydrogens is 532 g/mol. The van der Waals surface area contributed by atoms with Gasteiger partial charge >= 0.3 is 0 Å². The van der Waals surface area contributed by atoms with E-state index < -0.39 is 40.2 Å². The second-order valence-electron chi connectivity index (χ2n) is 11.6. The molecule has 8 nitrogen and oxygen atoms in total. The van der Waals surface area contributed by atoms with Gasteiger partial charge < -0.3 is 9.47 Å². The third-order valence-electron chi connectivity index (χ3n) is 7.37. The van der Waals surface area contributed by atoms with Gasteiger partial charge in [-0.15, -0.1) is 0 Å². The highest BCUT2D eigenvalue weighted by molar-refractivity contribution is 7.84. The molecule has 2 aliphatic rings. The summed E-state index contributed by atoms with van der Waals surface area (Å²) in [5.41, 5.74) is 3.29. The van der Waals surface area contributed by atoms with Gasteiger partial charge in [-0.05, 0) is 64.4 Å². The van der Waals surface area contributed by atoms with E-state index >= 15 is 0 Å². The molecule has 6 rings (SSSR count). The number of benzene rings is 2. The molecule has 4 heterocycles. The summed E-state index contributed by atoms with van der Waals surface area (Å²) in [5, 5.41) is 0.412. The molecule has 2 aromatic heterocycles. The highest BCUT2D eigenvalue weighted by Crippen LogP contribution is 2.49. The van der Waals surface area contributed by atoms with Crippen LogP contribution in [0.15, 0.2) is 48.8 Å². The smallest absolute Gasteiger partial charge is 0.254 e. The number of carbonyl (C=O) groups is 1.